The van der Waals surface area contributed by atoms with Crippen LogP contribution in [0.4, 0.5) is 5.69 Å². The predicted octanol–water partition coefficient (Wildman–Crippen LogP) is 4.86. The van der Waals surface area contributed by atoms with Crippen LogP contribution in [0.5, 0.6) is 5.75 Å². The van der Waals surface area contributed by atoms with Gasteiger partial charge in [-0.15, -0.1) is 0 Å². The zero-order valence-corrected chi connectivity index (χ0v) is 28.0. The van der Waals surface area contributed by atoms with Crippen LogP contribution in [0.2, 0.25) is 5.02 Å². The number of anilines is 1. The molecule has 2 aliphatic rings. The highest BCUT2D eigenvalue weighted by atomic mass is 35.5. The van der Waals surface area contributed by atoms with Crippen LogP contribution < -0.4 is 15.2 Å². The number of sulfonamides is 1. The summed E-state index contributed by atoms with van der Waals surface area (Å²) in [6.07, 6.45) is 3.62. The summed E-state index contributed by atoms with van der Waals surface area (Å²) in [6, 6.07) is 19.7. The van der Waals surface area contributed by atoms with Crippen LogP contribution in [0.3, 0.4) is 0 Å². The molecule has 1 saturated carbocycles. The number of rotatable bonds is 10. The first-order valence-corrected chi connectivity index (χ1v) is 18.5. The largest absolute Gasteiger partial charge is 0.486 e. The Hall–Kier alpha value is -3.71. The van der Waals surface area contributed by atoms with Crippen LogP contribution >= 0.6 is 11.6 Å². The molecule has 1 saturated heterocycles. The van der Waals surface area contributed by atoms with E-state index in [9.17, 15) is 21.6 Å². The molecule has 3 aromatic carbocycles. The molecule has 6 rings (SSSR count). The molecule has 242 valence electrons. The Morgan fingerprint density at radius 3 is 2.28 bits per heavy atom. The average Bonchev–Trinajstić information content (AvgIpc) is 3.78. The lowest BCUT2D eigenvalue weighted by molar-refractivity contribution is 0.242. The lowest BCUT2D eigenvalue weighted by Crippen LogP contribution is -2.49. The second-order valence-electron chi connectivity index (χ2n) is 12.2. The van der Waals surface area contributed by atoms with E-state index in [1.54, 1.807) is 67.7 Å². The number of benzene rings is 3. The Bertz CT molecular complexity index is 2040. The maximum Gasteiger partial charge on any atom is 0.316 e. The summed E-state index contributed by atoms with van der Waals surface area (Å²) in [5.41, 5.74) is 1.47. The zero-order valence-electron chi connectivity index (χ0n) is 25.6. The molecule has 0 amide bonds. The Balaban J connectivity index is 1.21. The van der Waals surface area contributed by atoms with Crippen molar-refractivity contribution in [2.45, 2.75) is 42.2 Å². The van der Waals surface area contributed by atoms with Crippen LogP contribution in [0.25, 0.3) is 5.69 Å². The molecule has 1 aliphatic carbocycles. The molecule has 0 atom stereocenters. The summed E-state index contributed by atoms with van der Waals surface area (Å²) in [5, 5.41) is 4.88. The molecule has 4 aromatic rings. The first-order chi connectivity index (χ1) is 21.9. The van der Waals surface area contributed by atoms with Crippen molar-refractivity contribution in [3.8, 4) is 11.4 Å². The van der Waals surface area contributed by atoms with E-state index in [0.29, 0.717) is 47.2 Å². The second-order valence-corrected chi connectivity index (χ2v) is 16.5. The van der Waals surface area contributed by atoms with Crippen molar-refractivity contribution in [2.75, 3.05) is 37.7 Å². The Morgan fingerprint density at radius 2 is 1.61 bits per heavy atom. The highest BCUT2D eigenvalue weighted by molar-refractivity contribution is 7.91. The van der Waals surface area contributed by atoms with Gasteiger partial charge in [0.05, 0.1) is 34.0 Å². The third kappa shape index (κ3) is 6.57. The summed E-state index contributed by atoms with van der Waals surface area (Å²) in [6.45, 7) is 5.13. The van der Waals surface area contributed by atoms with E-state index < -0.39 is 25.4 Å². The first-order valence-electron chi connectivity index (χ1n) is 15.0. The maximum atomic E-state index is 13.7. The van der Waals surface area contributed by atoms with Crippen LogP contribution in [0.1, 0.15) is 30.9 Å². The lowest BCUT2D eigenvalue weighted by atomic mass is 10.1. The van der Waals surface area contributed by atoms with Crippen molar-refractivity contribution in [2.24, 2.45) is 5.41 Å². The molecule has 1 aliphatic heterocycles. The zero-order chi connectivity index (χ0) is 32.7. The van der Waals surface area contributed by atoms with E-state index >= 15 is 0 Å². The van der Waals surface area contributed by atoms with Gasteiger partial charge in [-0.3, -0.25) is 4.79 Å². The molecule has 13 heteroatoms. The van der Waals surface area contributed by atoms with Crippen molar-refractivity contribution in [1.29, 1.82) is 0 Å². The fourth-order valence-electron chi connectivity index (χ4n) is 5.52. The van der Waals surface area contributed by atoms with Crippen LogP contribution in [-0.4, -0.2) is 63.7 Å². The maximum absolute atomic E-state index is 13.7. The van der Waals surface area contributed by atoms with Gasteiger partial charge in [0.15, 0.2) is 0 Å². The highest BCUT2D eigenvalue weighted by Crippen LogP contribution is 2.45. The number of hydrogen-bond acceptors (Lipinski definition) is 8. The first kappa shape index (κ1) is 32.2. The van der Waals surface area contributed by atoms with Gasteiger partial charge < -0.3 is 9.64 Å². The van der Waals surface area contributed by atoms with Gasteiger partial charge in [-0.2, -0.15) is 14.1 Å². The molecule has 0 unspecified atom stereocenters. The summed E-state index contributed by atoms with van der Waals surface area (Å²) >= 11 is 6.17. The van der Waals surface area contributed by atoms with E-state index in [1.807, 2.05) is 4.90 Å². The number of sulfone groups is 1. The molecular formula is C33H35ClN4O6S2. The summed E-state index contributed by atoms with van der Waals surface area (Å²) in [7, 11) is -7.61. The minimum Gasteiger partial charge on any atom is -0.486 e. The van der Waals surface area contributed by atoms with Gasteiger partial charge in [0.2, 0.25) is 25.6 Å². The topological polar surface area (TPSA) is 119 Å². The molecule has 10 nitrogen and oxygen atoms in total. The molecule has 0 spiro atoms. The fourth-order valence-corrected chi connectivity index (χ4v) is 8.87. The Morgan fingerprint density at radius 1 is 0.913 bits per heavy atom. The number of aromatic nitrogens is 2. The molecule has 1 aromatic heterocycles. The summed E-state index contributed by atoms with van der Waals surface area (Å²) in [5.74, 6) is -0.160. The Labute approximate surface area is 274 Å². The van der Waals surface area contributed by atoms with E-state index in [2.05, 4.69) is 12.0 Å². The second kappa shape index (κ2) is 12.5. The van der Waals surface area contributed by atoms with Gasteiger partial charge in [-0.05, 0) is 67.3 Å². The number of nitrogens with zero attached hydrogens (tertiary/aromatic N) is 4. The molecule has 0 N–H and O–H groups in total. The third-order valence-corrected chi connectivity index (χ3v) is 12.7. The third-order valence-electron chi connectivity index (χ3n) is 8.69. The number of piperazine rings is 1. The highest BCUT2D eigenvalue weighted by Gasteiger charge is 2.39. The van der Waals surface area contributed by atoms with Crippen molar-refractivity contribution >= 4 is 37.1 Å². The number of hydrogen-bond donors (Lipinski definition) is 0. The van der Waals surface area contributed by atoms with Crippen molar-refractivity contribution in [3.63, 3.8) is 0 Å². The predicted molar refractivity (Wildman–Crippen MR) is 177 cm³/mol. The molecule has 0 bridgehead atoms. The quantitative estimate of drug-likeness (QED) is 0.233. The lowest BCUT2D eigenvalue weighted by Gasteiger charge is -2.36. The van der Waals surface area contributed by atoms with Crippen molar-refractivity contribution < 1.29 is 21.6 Å². The van der Waals surface area contributed by atoms with Gasteiger partial charge in [-0.1, -0.05) is 54.9 Å². The number of ether oxygens (including phenoxy) is 1. The SMILES string of the molecule is Cc1c(CS(=O)(=O)N2CCN(c3cnn(-c4cccc(Cl)c4)c(=O)c3OCC3(C)CC3)CC2)cccc1S(=O)(=O)c1ccccc1. The van der Waals surface area contributed by atoms with Gasteiger partial charge in [0.25, 0.3) is 0 Å². The van der Waals surface area contributed by atoms with Gasteiger partial charge in [0, 0.05) is 36.6 Å². The van der Waals surface area contributed by atoms with E-state index in [4.69, 9.17) is 16.3 Å². The molecule has 2 heterocycles. The van der Waals surface area contributed by atoms with Crippen molar-refractivity contribution in [1.82, 2.24) is 14.1 Å². The van der Waals surface area contributed by atoms with Gasteiger partial charge >= 0.3 is 5.56 Å². The van der Waals surface area contributed by atoms with Crippen molar-refractivity contribution in [3.05, 3.63) is 105 Å². The van der Waals surface area contributed by atoms with E-state index in [-0.39, 0.29) is 39.8 Å². The molecule has 46 heavy (non-hydrogen) atoms. The van der Waals surface area contributed by atoms with Crippen LogP contribution in [-0.2, 0) is 25.6 Å². The molecule has 2 fully saturated rings. The minimum atomic E-state index is -3.82. The van der Waals surface area contributed by atoms with E-state index in [1.165, 1.54) is 27.2 Å². The van der Waals surface area contributed by atoms with Crippen LogP contribution in [0, 0.1) is 12.3 Å². The number of halogens is 1. The molecular weight excluding hydrogens is 648 g/mol. The molecule has 0 radical (unpaired) electrons. The normalized spacial score (nSPS) is 16.7. The standard InChI is InChI=1S/C33H35ClN4O6S2/c1-24-25(8-6-13-30(24)46(42,43)28-11-4-3-5-12-28)22-45(40,41)37-18-16-36(17-19-37)29-21-35-38(27-10-7-9-26(34)20-27)32(39)31(29)44-23-33(2)14-15-33/h3-13,20-21H,14-19,22-23H2,1-2H3. The summed E-state index contributed by atoms with van der Waals surface area (Å²) < 4.78 is 62.7. The average molecular weight is 683 g/mol. The smallest absolute Gasteiger partial charge is 0.316 e. The minimum absolute atomic E-state index is 0.0243. The Kier molecular flexibility index (Phi) is 8.75. The fraction of sp³-hybridized carbons (Fsp3) is 0.333. The van der Waals surface area contributed by atoms with Gasteiger partial charge in [-0.25, -0.2) is 16.8 Å². The van der Waals surface area contributed by atoms with Gasteiger partial charge in [0.1, 0.15) is 5.69 Å². The van der Waals surface area contributed by atoms with E-state index in [0.717, 1.165) is 12.8 Å². The summed E-state index contributed by atoms with van der Waals surface area (Å²) in [4.78, 5) is 15.8. The van der Waals surface area contributed by atoms with Crippen LogP contribution in [0.15, 0.2) is 93.6 Å². The monoisotopic (exact) mass is 682 g/mol.